The van der Waals surface area contributed by atoms with Gasteiger partial charge in [-0.15, -0.1) is 10.2 Å². The summed E-state index contributed by atoms with van der Waals surface area (Å²) in [7, 11) is 1.95. The Morgan fingerprint density at radius 3 is 2.80 bits per heavy atom. The van der Waals surface area contributed by atoms with Crippen LogP contribution in [0.1, 0.15) is 35.9 Å². The molecule has 0 aliphatic carbocycles. The normalized spacial score (nSPS) is 22.9. The SMILES string of the molecule is CC(C)NC(=O)c1nnc2n1C[C@H]1CN(Cc3cnn(C)c3)C[C@@H]1C2. The van der Waals surface area contributed by atoms with Crippen molar-refractivity contribution in [3.8, 4) is 0 Å². The molecule has 134 valence electrons. The summed E-state index contributed by atoms with van der Waals surface area (Å²) in [5.41, 5.74) is 1.25. The Hall–Kier alpha value is -2.22. The van der Waals surface area contributed by atoms with Crippen molar-refractivity contribution in [2.45, 2.75) is 39.4 Å². The average molecular weight is 343 g/mol. The van der Waals surface area contributed by atoms with E-state index in [0.29, 0.717) is 17.7 Å². The van der Waals surface area contributed by atoms with Gasteiger partial charge in [-0.3, -0.25) is 14.4 Å². The monoisotopic (exact) mass is 343 g/mol. The fraction of sp³-hybridized carbons (Fsp3) is 0.647. The standard InChI is InChI=1S/C17H25N7O/c1-11(2)19-17(25)16-21-20-15-4-13-8-23(9-14(13)10-24(15)16)7-12-5-18-22(3)6-12/h5-6,11,13-14H,4,7-10H2,1-3H3,(H,19,25)/t13-,14+/m0/s1. The lowest BCUT2D eigenvalue weighted by molar-refractivity contribution is 0.0924. The number of nitrogens with one attached hydrogen (secondary N) is 1. The van der Waals surface area contributed by atoms with Crippen molar-refractivity contribution in [1.29, 1.82) is 0 Å². The summed E-state index contributed by atoms with van der Waals surface area (Å²) in [6.45, 7) is 7.78. The molecule has 1 saturated heterocycles. The van der Waals surface area contributed by atoms with Gasteiger partial charge < -0.3 is 9.88 Å². The molecule has 4 heterocycles. The topological polar surface area (TPSA) is 80.9 Å². The number of likely N-dealkylation sites (tertiary alicyclic amines) is 1. The van der Waals surface area contributed by atoms with E-state index >= 15 is 0 Å². The van der Waals surface area contributed by atoms with E-state index in [-0.39, 0.29) is 11.9 Å². The summed E-state index contributed by atoms with van der Waals surface area (Å²) in [5.74, 6) is 2.41. The van der Waals surface area contributed by atoms with Crippen LogP contribution in [0.15, 0.2) is 12.4 Å². The van der Waals surface area contributed by atoms with Gasteiger partial charge in [-0.05, 0) is 25.7 Å². The zero-order valence-corrected chi connectivity index (χ0v) is 15.0. The smallest absolute Gasteiger partial charge is 0.289 e. The van der Waals surface area contributed by atoms with E-state index in [1.54, 1.807) is 0 Å². The van der Waals surface area contributed by atoms with Crippen LogP contribution >= 0.6 is 0 Å². The van der Waals surface area contributed by atoms with Crippen LogP contribution in [0.2, 0.25) is 0 Å². The van der Waals surface area contributed by atoms with Gasteiger partial charge in [0.25, 0.3) is 5.91 Å². The summed E-state index contributed by atoms with van der Waals surface area (Å²) in [6.07, 6.45) is 4.91. The van der Waals surface area contributed by atoms with Crippen LogP contribution in [0.25, 0.3) is 0 Å². The molecule has 0 saturated carbocycles. The molecule has 2 aliphatic heterocycles. The molecule has 0 spiro atoms. The highest BCUT2D eigenvalue weighted by atomic mass is 16.2. The largest absolute Gasteiger partial charge is 0.347 e. The molecule has 2 aliphatic rings. The zero-order chi connectivity index (χ0) is 17.6. The minimum absolute atomic E-state index is 0.0956. The van der Waals surface area contributed by atoms with E-state index in [1.807, 2.05) is 36.3 Å². The number of rotatable bonds is 4. The van der Waals surface area contributed by atoms with Crippen LogP contribution in [-0.2, 0) is 26.6 Å². The minimum Gasteiger partial charge on any atom is -0.347 e. The Morgan fingerprint density at radius 2 is 2.08 bits per heavy atom. The first-order valence-electron chi connectivity index (χ1n) is 8.92. The molecule has 0 aromatic carbocycles. The van der Waals surface area contributed by atoms with E-state index in [9.17, 15) is 4.79 Å². The van der Waals surface area contributed by atoms with Crippen molar-refractivity contribution in [1.82, 2.24) is 34.8 Å². The van der Waals surface area contributed by atoms with Crippen molar-refractivity contribution >= 4 is 5.91 Å². The summed E-state index contributed by atoms with van der Waals surface area (Å²) >= 11 is 0. The number of fused-ring (bicyclic) bond motifs is 2. The van der Waals surface area contributed by atoms with Gasteiger partial charge >= 0.3 is 0 Å². The first-order valence-corrected chi connectivity index (χ1v) is 8.92. The molecule has 1 fully saturated rings. The number of aryl methyl sites for hydroxylation is 1. The van der Waals surface area contributed by atoms with E-state index in [0.717, 1.165) is 38.4 Å². The molecule has 2 aromatic rings. The zero-order valence-electron chi connectivity index (χ0n) is 15.0. The van der Waals surface area contributed by atoms with Crippen LogP contribution in [0, 0.1) is 11.8 Å². The van der Waals surface area contributed by atoms with Gasteiger partial charge in [0, 0.05) is 57.4 Å². The van der Waals surface area contributed by atoms with Crippen molar-refractivity contribution in [2.75, 3.05) is 13.1 Å². The van der Waals surface area contributed by atoms with Crippen molar-refractivity contribution in [2.24, 2.45) is 18.9 Å². The van der Waals surface area contributed by atoms with E-state index in [4.69, 9.17) is 0 Å². The van der Waals surface area contributed by atoms with Crippen LogP contribution in [-0.4, -0.2) is 54.5 Å². The molecule has 1 amide bonds. The second-order valence-electron chi connectivity index (χ2n) is 7.62. The number of carbonyl (C=O) groups is 1. The van der Waals surface area contributed by atoms with Gasteiger partial charge in [0.15, 0.2) is 0 Å². The molecule has 8 heteroatoms. The number of carbonyl (C=O) groups excluding carboxylic acids is 1. The second-order valence-corrected chi connectivity index (χ2v) is 7.62. The quantitative estimate of drug-likeness (QED) is 0.872. The van der Waals surface area contributed by atoms with Gasteiger partial charge in [0.05, 0.1) is 6.20 Å². The molecule has 2 aromatic heterocycles. The average Bonchev–Trinajstić information content (AvgIpc) is 3.22. The highest BCUT2D eigenvalue weighted by molar-refractivity contribution is 5.90. The first-order chi connectivity index (χ1) is 12.0. The maximum atomic E-state index is 12.3. The van der Waals surface area contributed by atoms with Gasteiger partial charge in [-0.1, -0.05) is 0 Å². The Labute approximate surface area is 147 Å². The van der Waals surface area contributed by atoms with E-state index in [1.165, 1.54) is 5.56 Å². The summed E-state index contributed by atoms with van der Waals surface area (Å²) in [5, 5.41) is 15.6. The maximum absolute atomic E-state index is 12.3. The summed E-state index contributed by atoms with van der Waals surface area (Å²) in [6, 6.07) is 0.0956. The van der Waals surface area contributed by atoms with Crippen LogP contribution in [0.4, 0.5) is 0 Å². The molecule has 0 bridgehead atoms. The van der Waals surface area contributed by atoms with Crippen LogP contribution < -0.4 is 5.32 Å². The molecule has 4 rings (SSSR count). The molecule has 1 N–H and O–H groups in total. The third kappa shape index (κ3) is 3.18. The third-order valence-corrected chi connectivity index (χ3v) is 5.13. The predicted octanol–water partition coefficient (Wildman–Crippen LogP) is 0.454. The Bertz CT molecular complexity index is 778. The number of aromatic nitrogens is 5. The summed E-state index contributed by atoms with van der Waals surface area (Å²) in [4.78, 5) is 14.8. The van der Waals surface area contributed by atoms with E-state index in [2.05, 4.69) is 31.7 Å². The third-order valence-electron chi connectivity index (χ3n) is 5.13. The molecular formula is C17H25N7O. The molecule has 8 nitrogen and oxygen atoms in total. The van der Waals surface area contributed by atoms with Gasteiger partial charge in [-0.2, -0.15) is 5.10 Å². The molecule has 0 unspecified atom stereocenters. The Kier molecular flexibility index (Phi) is 4.07. The summed E-state index contributed by atoms with van der Waals surface area (Å²) < 4.78 is 3.87. The molecule has 0 radical (unpaired) electrons. The van der Waals surface area contributed by atoms with Gasteiger partial charge in [0.2, 0.25) is 5.82 Å². The maximum Gasteiger partial charge on any atom is 0.289 e. The van der Waals surface area contributed by atoms with Crippen molar-refractivity contribution < 1.29 is 4.79 Å². The first kappa shape index (κ1) is 16.3. The highest BCUT2D eigenvalue weighted by Gasteiger charge is 2.39. The lowest BCUT2D eigenvalue weighted by Gasteiger charge is -2.25. The van der Waals surface area contributed by atoms with Crippen LogP contribution in [0.3, 0.4) is 0 Å². The van der Waals surface area contributed by atoms with Crippen molar-refractivity contribution in [3.63, 3.8) is 0 Å². The lowest BCUT2D eigenvalue weighted by Crippen LogP contribution is -2.35. The predicted molar refractivity (Wildman–Crippen MR) is 91.8 cm³/mol. The number of hydrogen-bond donors (Lipinski definition) is 1. The number of hydrogen-bond acceptors (Lipinski definition) is 5. The molecular weight excluding hydrogens is 318 g/mol. The highest BCUT2D eigenvalue weighted by Crippen LogP contribution is 2.33. The fourth-order valence-electron chi connectivity index (χ4n) is 4.06. The van der Waals surface area contributed by atoms with Gasteiger partial charge in [-0.25, -0.2) is 0 Å². The number of nitrogens with zero attached hydrogens (tertiary/aromatic N) is 6. The molecule has 2 atom stereocenters. The molecule has 25 heavy (non-hydrogen) atoms. The second kappa shape index (κ2) is 6.25. The Morgan fingerprint density at radius 1 is 1.28 bits per heavy atom. The van der Waals surface area contributed by atoms with Gasteiger partial charge in [0.1, 0.15) is 5.82 Å². The minimum atomic E-state index is -0.127. The lowest BCUT2D eigenvalue weighted by atomic mass is 9.89. The van der Waals surface area contributed by atoms with E-state index < -0.39 is 0 Å². The fourth-order valence-corrected chi connectivity index (χ4v) is 4.06. The van der Waals surface area contributed by atoms with Crippen molar-refractivity contribution in [3.05, 3.63) is 29.6 Å². The van der Waals surface area contributed by atoms with Crippen LogP contribution in [0.5, 0.6) is 0 Å². The number of amides is 1. The Balaban J connectivity index is 1.45.